The number of Topliss-reactive ketones (excluding diaryl/α,β-unsaturated/α-hetero) is 1. The molecule has 0 saturated carbocycles. The van der Waals surface area contributed by atoms with E-state index in [0.29, 0.717) is 18.5 Å². The first-order valence-electron chi connectivity index (χ1n) is 5.79. The van der Waals surface area contributed by atoms with Crippen molar-refractivity contribution in [3.05, 3.63) is 29.8 Å². The Hall–Kier alpha value is -1.20. The zero-order valence-corrected chi connectivity index (χ0v) is 11.7. The average molecular weight is 269 g/mol. The molecule has 1 aromatic carbocycles. The Morgan fingerprint density at radius 2 is 1.83 bits per heavy atom. The summed E-state index contributed by atoms with van der Waals surface area (Å²) in [5.41, 5.74) is 1.33. The maximum Gasteiger partial charge on any atom is 0.259 e. The molecule has 18 heavy (non-hydrogen) atoms. The van der Waals surface area contributed by atoms with Gasteiger partial charge >= 0.3 is 0 Å². The van der Waals surface area contributed by atoms with Gasteiger partial charge in [-0.15, -0.1) is 0 Å². The number of hydrogen-bond donors (Lipinski definition) is 2. The zero-order chi connectivity index (χ0) is 13.8. The van der Waals surface area contributed by atoms with E-state index in [1.165, 1.54) is 0 Å². The molecule has 100 valence electrons. The predicted octanol–water partition coefficient (Wildman–Crippen LogP) is 2.78. The first-order chi connectivity index (χ1) is 8.29. The maximum atomic E-state index is 11.8. The normalized spacial score (nSPS) is 13.1. The lowest BCUT2D eigenvalue weighted by Crippen LogP contribution is -2.20. The van der Waals surface area contributed by atoms with Crippen molar-refractivity contribution in [1.82, 2.24) is 0 Å². The van der Waals surface area contributed by atoms with Crippen molar-refractivity contribution in [1.29, 1.82) is 0 Å². The summed E-state index contributed by atoms with van der Waals surface area (Å²) in [6.07, 6.45) is 1.21. The number of nitrogens with one attached hydrogen (secondary N) is 1. The van der Waals surface area contributed by atoms with Crippen LogP contribution in [0.1, 0.15) is 32.8 Å². The van der Waals surface area contributed by atoms with E-state index in [1.54, 1.807) is 12.1 Å². The number of aryl methyl sites for hydroxylation is 1. The average Bonchev–Trinajstić information content (AvgIpc) is 2.25. The highest BCUT2D eigenvalue weighted by Gasteiger charge is 2.20. The van der Waals surface area contributed by atoms with E-state index >= 15 is 0 Å². The van der Waals surface area contributed by atoms with Gasteiger partial charge in [-0.2, -0.15) is 0 Å². The van der Waals surface area contributed by atoms with Crippen LogP contribution in [-0.2, 0) is 22.5 Å². The van der Waals surface area contributed by atoms with Crippen LogP contribution in [0, 0.1) is 5.41 Å². The van der Waals surface area contributed by atoms with Gasteiger partial charge in [-0.3, -0.25) is 14.1 Å². The largest absolute Gasteiger partial charge is 0.299 e. The molecule has 1 atom stereocenters. The van der Waals surface area contributed by atoms with Gasteiger partial charge in [0.15, 0.2) is 0 Å². The lowest BCUT2D eigenvalue weighted by Gasteiger charge is -2.16. The molecule has 0 radical (unpaired) electrons. The summed E-state index contributed by atoms with van der Waals surface area (Å²) in [5.74, 6) is 0.237. The molecule has 0 spiro atoms. The fourth-order valence-corrected chi connectivity index (χ4v) is 1.81. The zero-order valence-electron chi connectivity index (χ0n) is 10.9. The fraction of sp³-hybridized carbons (Fsp3) is 0.462. The summed E-state index contributed by atoms with van der Waals surface area (Å²) in [4.78, 5) is 11.8. The van der Waals surface area contributed by atoms with Crippen molar-refractivity contribution in [2.75, 3.05) is 4.72 Å². The van der Waals surface area contributed by atoms with Crippen LogP contribution in [0.5, 0.6) is 0 Å². The van der Waals surface area contributed by atoms with E-state index in [2.05, 4.69) is 4.72 Å². The van der Waals surface area contributed by atoms with E-state index in [9.17, 15) is 9.00 Å². The molecule has 5 heteroatoms. The van der Waals surface area contributed by atoms with E-state index in [4.69, 9.17) is 4.55 Å². The summed E-state index contributed by atoms with van der Waals surface area (Å²) in [6, 6.07) is 7.16. The van der Waals surface area contributed by atoms with Crippen molar-refractivity contribution >= 4 is 22.7 Å². The van der Waals surface area contributed by atoms with Gasteiger partial charge < -0.3 is 0 Å². The Morgan fingerprint density at radius 3 is 2.28 bits per heavy atom. The van der Waals surface area contributed by atoms with Gasteiger partial charge in [-0.1, -0.05) is 32.9 Å². The molecule has 0 bridgehead atoms. The molecule has 0 fully saturated rings. The second-order valence-electron chi connectivity index (χ2n) is 5.22. The molecular weight excluding hydrogens is 250 g/mol. The van der Waals surface area contributed by atoms with Crippen molar-refractivity contribution in [2.24, 2.45) is 5.41 Å². The number of hydrogen-bond acceptors (Lipinski definition) is 2. The first-order valence-corrected chi connectivity index (χ1v) is 6.89. The minimum atomic E-state index is -2.05. The minimum absolute atomic E-state index is 0.237. The standard InChI is InChI=1S/C13H19NO3S/c1-13(2,3)12(15)9-6-10-4-7-11(8-5-10)14-18(16)17/h4-5,7-8,14H,6,9H2,1-3H3,(H,16,17). The van der Waals surface area contributed by atoms with Gasteiger partial charge in [-0.05, 0) is 24.1 Å². The summed E-state index contributed by atoms with van der Waals surface area (Å²) in [6.45, 7) is 5.75. The number of rotatable bonds is 5. The van der Waals surface area contributed by atoms with Crippen LogP contribution in [0.2, 0.25) is 0 Å². The lowest BCUT2D eigenvalue weighted by atomic mass is 9.87. The van der Waals surface area contributed by atoms with Gasteiger partial charge in [0.25, 0.3) is 11.3 Å². The molecule has 0 aliphatic heterocycles. The monoisotopic (exact) mass is 269 g/mol. The third-order valence-electron chi connectivity index (χ3n) is 2.64. The van der Waals surface area contributed by atoms with Gasteiger partial charge in [0, 0.05) is 17.5 Å². The lowest BCUT2D eigenvalue weighted by molar-refractivity contribution is -0.126. The van der Waals surface area contributed by atoms with Crippen molar-refractivity contribution < 1.29 is 13.6 Å². The maximum absolute atomic E-state index is 11.8. The first kappa shape index (κ1) is 14.9. The van der Waals surface area contributed by atoms with Crippen LogP contribution < -0.4 is 4.72 Å². The molecule has 1 unspecified atom stereocenters. The van der Waals surface area contributed by atoms with Gasteiger partial charge in [-0.25, -0.2) is 4.21 Å². The number of carbonyl (C=O) groups excluding carboxylic acids is 1. The van der Waals surface area contributed by atoms with Crippen LogP contribution in [0.4, 0.5) is 5.69 Å². The quantitative estimate of drug-likeness (QED) is 0.808. The Morgan fingerprint density at radius 1 is 1.28 bits per heavy atom. The summed E-state index contributed by atoms with van der Waals surface area (Å²) < 4.78 is 21.6. The third-order valence-corrected chi connectivity index (χ3v) is 3.05. The topological polar surface area (TPSA) is 66.4 Å². The van der Waals surface area contributed by atoms with E-state index < -0.39 is 11.3 Å². The summed E-state index contributed by atoms with van der Waals surface area (Å²) >= 11 is -2.05. The second kappa shape index (κ2) is 6.11. The predicted molar refractivity (Wildman–Crippen MR) is 73.6 cm³/mol. The Balaban J connectivity index is 2.54. The van der Waals surface area contributed by atoms with Crippen LogP contribution in [0.25, 0.3) is 0 Å². The molecule has 1 rings (SSSR count). The molecule has 0 aromatic heterocycles. The van der Waals surface area contributed by atoms with Gasteiger partial charge in [0.2, 0.25) is 0 Å². The molecule has 2 N–H and O–H groups in total. The van der Waals surface area contributed by atoms with E-state index in [0.717, 1.165) is 5.56 Å². The molecule has 0 heterocycles. The smallest absolute Gasteiger partial charge is 0.259 e. The highest BCUT2D eigenvalue weighted by Crippen LogP contribution is 2.19. The third kappa shape index (κ3) is 4.98. The highest BCUT2D eigenvalue weighted by molar-refractivity contribution is 7.80. The Kier molecular flexibility index (Phi) is 5.04. The number of ketones is 1. The van der Waals surface area contributed by atoms with Crippen LogP contribution in [0.3, 0.4) is 0 Å². The SMILES string of the molecule is CC(C)(C)C(=O)CCc1ccc(NS(=O)O)cc1. The molecule has 0 amide bonds. The van der Waals surface area contributed by atoms with Crippen molar-refractivity contribution in [3.63, 3.8) is 0 Å². The fourth-order valence-electron chi connectivity index (χ4n) is 1.47. The van der Waals surface area contributed by atoms with Crippen LogP contribution in [-0.4, -0.2) is 14.5 Å². The van der Waals surface area contributed by atoms with Gasteiger partial charge in [0.05, 0.1) is 0 Å². The molecule has 0 aliphatic rings. The van der Waals surface area contributed by atoms with Crippen molar-refractivity contribution in [3.8, 4) is 0 Å². The molecule has 0 aliphatic carbocycles. The van der Waals surface area contributed by atoms with Gasteiger partial charge in [0.1, 0.15) is 5.78 Å². The summed E-state index contributed by atoms with van der Waals surface area (Å²) in [5, 5.41) is 0. The Labute approximate surface area is 110 Å². The van der Waals surface area contributed by atoms with Crippen molar-refractivity contribution in [2.45, 2.75) is 33.6 Å². The second-order valence-corrected chi connectivity index (χ2v) is 5.92. The number of carbonyl (C=O) groups is 1. The van der Waals surface area contributed by atoms with E-state index in [1.807, 2.05) is 32.9 Å². The van der Waals surface area contributed by atoms with E-state index in [-0.39, 0.29) is 11.2 Å². The number of benzene rings is 1. The van der Waals surface area contributed by atoms with Crippen LogP contribution >= 0.6 is 0 Å². The molecular formula is C13H19NO3S. The molecule has 4 nitrogen and oxygen atoms in total. The van der Waals surface area contributed by atoms with Crippen LogP contribution in [0.15, 0.2) is 24.3 Å². The Bertz CT molecular complexity index is 435. The minimum Gasteiger partial charge on any atom is -0.299 e. The number of anilines is 1. The molecule has 0 saturated heterocycles. The molecule has 1 aromatic rings. The summed E-state index contributed by atoms with van der Waals surface area (Å²) in [7, 11) is 0. The highest BCUT2D eigenvalue weighted by atomic mass is 32.2.